The van der Waals surface area contributed by atoms with Crippen LogP contribution in [0.1, 0.15) is 48.4 Å². The van der Waals surface area contributed by atoms with E-state index in [0.29, 0.717) is 17.1 Å². The number of aromatic nitrogens is 1. The Morgan fingerprint density at radius 1 is 1.13 bits per heavy atom. The monoisotopic (exact) mass is 443 g/mol. The highest BCUT2D eigenvalue weighted by molar-refractivity contribution is 6.32. The first-order chi connectivity index (χ1) is 13.9. The number of halogens is 4. The molecule has 1 heterocycles. The topological polar surface area (TPSA) is 80.3 Å². The van der Waals surface area contributed by atoms with Crippen LogP contribution in [0, 0.1) is 12.8 Å². The molecule has 0 saturated heterocycles. The molecule has 6 nitrogen and oxygen atoms in total. The van der Waals surface area contributed by atoms with Gasteiger partial charge in [0.25, 0.3) is 5.91 Å². The molecule has 0 radical (unpaired) electrons. The van der Waals surface area contributed by atoms with Gasteiger partial charge in [-0.05, 0) is 49.7 Å². The van der Waals surface area contributed by atoms with Gasteiger partial charge in [0.05, 0.1) is 11.1 Å². The quantitative estimate of drug-likeness (QED) is 0.656. The molecular formula is C20H21ClF3N3O3. The number of amides is 2. The standard InChI is InChI=1S/C20H21ClF3N3O3/c1-10(2)18(28)27-17-9-14(7-11(3)25-17)12(4)26-19(29)13-5-6-16(15(21)8-13)30-20(22,23)24/h5-10,12H,1-4H3,(H,26,29)(H,25,27,28). The van der Waals surface area contributed by atoms with Crippen LogP contribution in [-0.2, 0) is 4.79 Å². The first-order valence-electron chi connectivity index (χ1n) is 9.01. The zero-order valence-corrected chi connectivity index (χ0v) is 17.5. The maximum atomic E-state index is 12.5. The summed E-state index contributed by atoms with van der Waals surface area (Å²) in [6.07, 6.45) is -4.89. The van der Waals surface area contributed by atoms with E-state index < -0.39 is 24.1 Å². The molecule has 0 saturated carbocycles. The van der Waals surface area contributed by atoms with Gasteiger partial charge in [0.2, 0.25) is 5.91 Å². The van der Waals surface area contributed by atoms with Crippen LogP contribution in [0.25, 0.3) is 0 Å². The fraction of sp³-hybridized carbons (Fsp3) is 0.350. The molecule has 1 aromatic heterocycles. The number of pyridine rings is 1. The van der Waals surface area contributed by atoms with Gasteiger partial charge in [-0.1, -0.05) is 25.4 Å². The van der Waals surface area contributed by atoms with Crippen LogP contribution < -0.4 is 15.4 Å². The smallest absolute Gasteiger partial charge is 0.404 e. The van der Waals surface area contributed by atoms with Crippen molar-refractivity contribution >= 4 is 29.2 Å². The van der Waals surface area contributed by atoms with Gasteiger partial charge in [-0.15, -0.1) is 13.2 Å². The van der Waals surface area contributed by atoms with Gasteiger partial charge in [-0.3, -0.25) is 9.59 Å². The third-order valence-electron chi connectivity index (χ3n) is 4.02. The minimum absolute atomic E-state index is 0.0699. The summed E-state index contributed by atoms with van der Waals surface area (Å²) in [4.78, 5) is 28.7. The molecule has 2 aromatic rings. The lowest BCUT2D eigenvalue weighted by Gasteiger charge is -2.17. The average Bonchev–Trinajstić information content (AvgIpc) is 2.61. The first-order valence-corrected chi connectivity index (χ1v) is 9.39. The molecule has 2 rings (SSSR count). The molecule has 0 aliphatic rings. The molecule has 0 aliphatic carbocycles. The third-order valence-corrected chi connectivity index (χ3v) is 4.31. The van der Waals surface area contributed by atoms with Gasteiger partial charge in [0.1, 0.15) is 11.6 Å². The number of hydrogen-bond acceptors (Lipinski definition) is 4. The van der Waals surface area contributed by atoms with E-state index in [9.17, 15) is 22.8 Å². The molecule has 0 bridgehead atoms. The summed E-state index contributed by atoms with van der Waals surface area (Å²) in [6, 6.07) is 6.18. The normalized spacial score (nSPS) is 12.4. The molecule has 2 N–H and O–H groups in total. The molecular weight excluding hydrogens is 423 g/mol. The highest BCUT2D eigenvalue weighted by atomic mass is 35.5. The number of rotatable bonds is 6. The van der Waals surface area contributed by atoms with Gasteiger partial charge in [-0.2, -0.15) is 0 Å². The Balaban J connectivity index is 2.15. The van der Waals surface area contributed by atoms with Crippen LogP contribution in [0.15, 0.2) is 30.3 Å². The zero-order chi connectivity index (χ0) is 22.6. The number of carbonyl (C=O) groups is 2. The molecule has 30 heavy (non-hydrogen) atoms. The Labute approximate surface area is 176 Å². The van der Waals surface area contributed by atoms with E-state index in [4.69, 9.17) is 11.6 Å². The first kappa shape index (κ1) is 23.5. The summed E-state index contributed by atoms with van der Waals surface area (Å²) in [7, 11) is 0. The number of hydrogen-bond donors (Lipinski definition) is 2. The summed E-state index contributed by atoms with van der Waals surface area (Å²) in [5.74, 6) is -1.18. The highest BCUT2D eigenvalue weighted by Gasteiger charge is 2.32. The van der Waals surface area contributed by atoms with Crippen molar-refractivity contribution < 1.29 is 27.5 Å². The van der Waals surface area contributed by atoms with E-state index in [-0.39, 0.29) is 22.4 Å². The Morgan fingerprint density at radius 3 is 2.37 bits per heavy atom. The molecule has 1 unspecified atom stereocenters. The second kappa shape index (κ2) is 9.34. The van der Waals surface area contributed by atoms with E-state index >= 15 is 0 Å². The molecule has 1 atom stereocenters. The van der Waals surface area contributed by atoms with Crippen LogP contribution in [-0.4, -0.2) is 23.2 Å². The number of ether oxygens (including phenoxy) is 1. The predicted molar refractivity (Wildman–Crippen MR) is 106 cm³/mol. The average molecular weight is 444 g/mol. The summed E-state index contributed by atoms with van der Waals surface area (Å²) in [5.41, 5.74) is 1.41. The van der Waals surface area contributed by atoms with Crippen molar-refractivity contribution in [1.82, 2.24) is 10.3 Å². The number of benzene rings is 1. The minimum atomic E-state index is -4.89. The van der Waals surface area contributed by atoms with Crippen molar-refractivity contribution in [3.05, 3.63) is 52.2 Å². The fourth-order valence-corrected chi connectivity index (χ4v) is 2.71. The lowest BCUT2D eigenvalue weighted by atomic mass is 10.1. The van der Waals surface area contributed by atoms with Crippen LogP contribution >= 0.6 is 11.6 Å². The van der Waals surface area contributed by atoms with E-state index in [1.807, 2.05) is 0 Å². The van der Waals surface area contributed by atoms with E-state index in [2.05, 4.69) is 20.4 Å². The number of aryl methyl sites for hydroxylation is 1. The summed E-state index contributed by atoms with van der Waals surface area (Å²) in [5, 5.41) is 5.10. The molecule has 2 amide bonds. The number of anilines is 1. The lowest BCUT2D eigenvalue weighted by molar-refractivity contribution is -0.274. The molecule has 162 valence electrons. The Bertz CT molecular complexity index is 949. The predicted octanol–water partition coefficient (Wildman–Crippen LogP) is 5.03. The van der Waals surface area contributed by atoms with Gasteiger partial charge in [0.15, 0.2) is 0 Å². The van der Waals surface area contributed by atoms with E-state index in [1.54, 1.807) is 39.8 Å². The number of carbonyl (C=O) groups excluding carboxylic acids is 2. The Kier molecular flexibility index (Phi) is 7.30. The van der Waals surface area contributed by atoms with Gasteiger partial charge >= 0.3 is 6.36 Å². The lowest BCUT2D eigenvalue weighted by Crippen LogP contribution is -2.27. The van der Waals surface area contributed by atoms with Crippen molar-refractivity contribution in [2.45, 2.75) is 40.1 Å². The number of alkyl halides is 3. The molecule has 0 spiro atoms. The Morgan fingerprint density at radius 2 is 1.80 bits per heavy atom. The summed E-state index contributed by atoms with van der Waals surface area (Å²) < 4.78 is 40.8. The molecule has 0 aliphatic heterocycles. The fourth-order valence-electron chi connectivity index (χ4n) is 2.49. The third kappa shape index (κ3) is 6.62. The van der Waals surface area contributed by atoms with E-state index in [0.717, 1.165) is 12.1 Å². The van der Waals surface area contributed by atoms with Crippen molar-refractivity contribution in [3.63, 3.8) is 0 Å². The van der Waals surface area contributed by atoms with Gasteiger partial charge in [0, 0.05) is 17.2 Å². The van der Waals surface area contributed by atoms with Gasteiger partial charge in [-0.25, -0.2) is 4.98 Å². The Hall–Kier alpha value is -2.81. The van der Waals surface area contributed by atoms with Gasteiger partial charge < -0.3 is 15.4 Å². The maximum absolute atomic E-state index is 12.5. The van der Waals surface area contributed by atoms with Crippen LogP contribution in [0.3, 0.4) is 0 Å². The van der Waals surface area contributed by atoms with Crippen molar-refractivity contribution in [2.24, 2.45) is 5.92 Å². The summed E-state index contributed by atoms with van der Waals surface area (Å²) >= 11 is 5.80. The van der Waals surface area contributed by atoms with Crippen molar-refractivity contribution in [2.75, 3.05) is 5.32 Å². The number of nitrogens with one attached hydrogen (secondary N) is 2. The molecule has 1 aromatic carbocycles. The van der Waals surface area contributed by atoms with Crippen molar-refractivity contribution in [3.8, 4) is 5.75 Å². The van der Waals surface area contributed by atoms with Crippen LogP contribution in [0.5, 0.6) is 5.75 Å². The van der Waals surface area contributed by atoms with Crippen LogP contribution in [0.2, 0.25) is 5.02 Å². The maximum Gasteiger partial charge on any atom is 0.573 e. The SMILES string of the molecule is Cc1cc(C(C)NC(=O)c2ccc(OC(F)(F)F)c(Cl)c2)cc(NC(=O)C(C)C)n1. The minimum Gasteiger partial charge on any atom is -0.404 e. The highest BCUT2D eigenvalue weighted by Crippen LogP contribution is 2.31. The second-order valence-corrected chi connectivity index (χ2v) is 7.37. The molecule has 10 heteroatoms. The van der Waals surface area contributed by atoms with Crippen LogP contribution in [0.4, 0.5) is 19.0 Å². The van der Waals surface area contributed by atoms with Crippen molar-refractivity contribution in [1.29, 1.82) is 0 Å². The zero-order valence-electron chi connectivity index (χ0n) is 16.7. The largest absolute Gasteiger partial charge is 0.573 e. The molecule has 0 fully saturated rings. The van der Waals surface area contributed by atoms with E-state index in [1.165, 1.54) is 6.07 Å². The summed E-state index contributed by atoms with van der Waals surface area (Å²) in [6.45, 7) is 6.99. The number of nitrogens with zero attached hydrogens (tertiary/aromatic N) is 1. The second-order valence-electron chi connectivity index (χ2n) is 6.96.